The summed E-state index contributed by atoms with van der Waals surface area (Å²) >= 11 is 0. The van der Waals surface area contributed by atoms with Crippen molar-refractivity contribution in [2.24, 2.45) is 5.92 Å². The van der Waals surface area contributed by atoms with Crippen molar-refractivity contribution < 1.29 is 28.7 Å². The molecular formula is C20H25NO6. The molecule has 2 rings (SSSR count). The topological polar surface area (TPSA) is 90.0 Å². The Morgan fingerprint density at radius 3 is 2.04 bits per heavy atom. The SMILES string of the molecule is CC[C@H](C)[C@@H](C(=O)OCC(=O)OC(C)(C)C)N1C(=O)c2ccccc2C1=O. The van der Waals surface area contributed by atoms with Crippen LogP contribution in [0.15, 0.2) is 24.3 Å². The Labute approximate surface area is 158 Å². The maximum absolute atomic E-state index is 12.7. The van der Waals surface area contributed by atoms with Gasteiger partial charge in [0, 0.05) is 0 Å². The van der Waals surface area contributed by atoms with Gasteiger partial charge in [-0.05, 0) is 38.8 Å². The summed E-state index contributed by atoms with van der Waals surface area (Å²) in [5.74, 6) is -2.89. The monoisotopic (exact) mass is 375 g/mol. The van der Waals surface area contributed by atoms with Crippen LogP contribution in [0.5, 0.6) is 0 Å². The highest BCUT2D eigenvalue weighted by molar-refractivity contribution is 6.22. The lowest BCUT2D eigenvalue weighted by atomic mass is 9.97. The Kier molecular flexibility index (Phi) is 6.03. The fraction of sp³-hybridized carbons (Fsp3) is 0.500. The zero-order valence-electron chi connectivity index (χ0n) is 16.3. The lowest BCUT2D eigenvalue weighted by Crippen LogP contribution is -2.49. The number of rotatable bonds is 6. The van der Waals surface area contributed by atoms with Crippen molar-refractivity contribution >= 4 is 23.8 Å². The van der Waals surface area contributed by atoms with Gasteiger partial charge >= 0.3 is 11.9 Å². The minimum atomic E-state index is -1.11. The molecule has 146 valence electrons. The highest BCUT2D eigenvalue weighted by atomic mass is 16.6. The molecule has 0 bridgehead atoms. The summed E-state index contributed by atoms with van der Waals surface area (Å²) in [6.45, 7) is 8.13. The summed E-state index contributed by atoms with van der Waals surface area (Å²) in [6.07, 6.45) is 0.541. The van der Waals surface area contributed by atoms with Crippen molar-refractivity contribution in [3.8, 4) is 0 Å². The number of amides is 2. The van der Waals surface area contributed by atoms with Crippen molar-refractivity contribution in [1.82, 2.24) is 4.90 Å². The van der Waals surface area contributed by atoms with Gasteiger partial charge in [-0.1, -0.05) is 32.4 Å². The van der Waals surface area contributed by atoms with E-state index in [0.717, 1.165) is 4.90 Å². The summed E-state index contributed by atoms with van der Waals surface area (Å²) in [7, 11) is 0. The third-order valence-corrected chi connectivity index (χ3v) is 4.28. The Morgan fingerprint density at radius 1 is 1.07 bits per heavy atom. The number of nitrogens with zero attached hydrogens (tertiary/aromatic N) is 1. The molecule has 0 radical (unpaired) electrons. The van der Waals surface area contributed by atoms with Gasteiger partial charge in [-0.25, -0.2) is 9.59 Å². The zero-order valence-corrected chi connectivity index (χ0v) is 16.3. The van der Waals surface area contributed by atoms with Gasteiger partial charge in [0.2, 0.25) is 0 Å². The maximum Gasteiger partial charge on any atom is 0.344 e. The van der Waals surface area contributed by atoms with E-state index < -0.39 is 42.0 Å². The van der Waals surface area contributed by atoms with E-state index in [0.29, 0.717) is 6.42 Å². The molecular weight excluding hydrogens is 350 g/mol. The summed E-state index contributed by atoms with van der Waals surface area (Å²) in [6, 6.07) is 5.31. The number of imide groups is 1. The fourth-order valence-corrected chi connectivity index (χ4v) is 2.86. The van der Waals surface area contributed by atoms with Crippen molar-refractivity contribution in [1.29, 1.82) is 0 Å². The van der Waals surface area contributed by atoms with Crippen LogP contribution >= 0.6 is 0 Å². The third kappa shape index (κ3) is 4.53. The smallest absolute Gasteiger partial charge is 0.344 e. The second-order valence-electron chi connectivity index (χ2n) is 7.55. The van der Waals surface area contributed by atoms with Crippen molar-refractivity contribution in [2.75, 3.05) is 6.61 Å². The van der Waals surface area contributed by atoms with Crippen LogP contribution < -0.4 is 0 Å². The van der Waals surface area contributed by atoms with Crippen LogP contribution in [0.4, 0.5) is 0 Å². The molecule has 2 amide bonds. The quantitative estimate of drug-likeness (QED) is 0.561. The molecule has 27 heavy (non-hydrogen) atoms. The van der Waals surface area contributed by atoms with Gasteiger partial charge in [0.25, 0.3) is 11.8 Å². The number of hydrogen-bond donors (Lipinski definition) is 0. The zero-order chi connectivity index (χ0) is 20.4. The molecule has 2 atom stereocenters. The normalized spacial score (nSPS) is 16.0. The highest BCUT2D eigenvalue weighted by Gasteiger charge is 2.45. The Morgan fingerprint density at radius 2 is 1.59 bits per heavy atom. The van der Waals surface area contributed by atoms with Gasteiger partial charge in [-0.15, -0.1) is 0 Å². The summed E-state index contributed by atoms with van der Waals surface area (Å²) < 4.78 is 10.2. The molecule has 0 aromatic heterocycles. The van der Waals surface area contributed by atoms with Crippen molar-refractivity contribution in [3.05, 3.63) is 35.4 Å². The van der Waals surface area contributed by atoms with E-state index >= 15 is 0 Å². The third-order valence-electron chi connectivity index (χ3n) is 4.28. The van der Waals surface area contributed by atoms with Crippen LogP contribution in [0.1, 0.15) is 61.8 Å². The van der Waals surface area contributed by atoms with Gasteiger partial charge in [0.15, 0.2) is 6.61 Å². The fourth-order valence-electron chi connectivity index (χ4n) is 2.86. The van der Waals surface area contributed by atoms with E-state index in [2.05, 4.69) is 0 Å². The van der Waals surface area contributed by atoms with Crippen LogP contribution in [0, 0.1) is 5.92 Å². The first-order valence-corrected chi connectivity index (χ1v) is 8.92. The molecule has 1 heterocycles. The van der Waals surface area contributed by atoms with E-state index in [4.69, 9.17) is 9.47 Å². The first-order valence-electron chi connectivity index (χ1n) is 8.92. The number of hydrogen-bond acceptors (Lipinski definition) is 6. The molecule has 0 N–H and O–H groups in total. The van der Waals surface area contributed by atoms with Crippen molar-refractivity contribution in [3.63, 3.8) is 0 Å². The number of carbonyl (C=O) groups excluding carboxylic acids is 4. The standard InChI is InChI=1S/C20H25NO6/c1-6-12(2)16(19(25)26-11-15(22)27-20(3,4)5)21-17(23)13-9-7-8-10-14(13)18(21)24/h7-10,12,16H,6,11H2,1-5H3/t12-,16-/m0/s1. The Hall–Kier alpha value is -2.70. The van der Waals surface area contributed by atoms with Gasteiger partial charge < -0.3 is 9.47 Å². The van der Waals surface area contributed by atoms with Crippen LogP contribution in [0.3, 0.4) is 0 Å². The second-order valence-corrected chi connectivity index (χ2v) is 7.55. The maximum atomic E-state index is 12.7. The molecule has 1 aromatic carbocycles. The average molecular weight is 375 g/mol. The molecule has 0 saturated heterocycles. The Balaban J connectivity index is 2.19. The van der Waals surface area contributed by atoms with Gasteiger partial charge in [0.1, 0.15) is 11.6 Å². The predicted octanol–water partition coefficient (Wildman–Crippen LogP) is 2.58. The van der Waals surface area contributed by atoms with Crippen LogP contribution in [0.2, 0.25) is 0 Å². The number of ether oxygens (including phenoxy) is 2. The number of benzene rings is 1. The van der Waals surface area contributed by atoms with Crippen LogP contribution in [-0.4, -0.2) is 46.9 Å². The number of fused-ring (bicyclic) bond motifs is 1. The molecule has 7 heteroatoms. The molecule has 1 aliphatic rings. The summed E-state index contributed by atoms with van der Waals surface area (Å²) in [5.41, 5.74) is -0.186. The van der Waals surface area contributed by atoms with Crippen LogP contribution in [-0.2, 0) is 19.1 Å². The van der Waals surface area contributed by atoms with Gasteiger partial charge in [-0.3, -0.25) is 14.5 Å². The summed E-state index contributed by atoms with van der Waals surface area (Å²) in [5, 5.41) is 0. The molecule has 0 aliphatic carbocycles. The lowest BCUT2D eigenvalue weighted by Gasteiger charge is -2.29. The summed E-state index contributed by atoms with van der Waals surface area (Å²) in [4.78, 5) is 50.8. The second kappa shape index (κ2) is 7.90. The minimum Gasteiger partial charge on any atom is -0.457 e. The molecule has 1 aliphatic heterocycles. The highest BCUT2D eigenvalue weighted by Crippen LogP contribution is 2.28. The van der Waals surface area contributed by atoms with Crippen molar-refractivity contribution in [2.45, 2.75) is 52.7 Å². The largest absolute Gasteiger partial charge is 0.457 e. The van der Waals surface area contributed by atoms with E-state index in [9.17, 15) is 19.2 Å². The Bertz CT molecular complexity index is 729. The van der Waals surface area contributed by atoms with Crippen LogP contribution in [0.25, 0.3) is 0 Å². The number of carbonyl (C=O) groups is 4. The first kappa shape index (κ1) is 20.6. The number of esters is 2. The molecule has 0 saturated carbocycles. The van der Waals surface area contributed by atoms with E-state index in [1.165, 1.54) is 0 Å². The minimum absolute atomic E-state index is 0.260. The van der Waals surface area contributed by atoms with E-state index in [1.54, 1.807) is 52.0 Å². The molecule has 0 unspecified atom stereocenters. The molecule has 1 aromatic rings. The van der Waals surface area contributed by atoms with E-state index in [-0.39, 0.29) is 17.0 Å². The first-order chi connectivity index (χ1) is 12.6. The predicted molar refractivity (Wildman–Crippen MR) is 97.0 cm³/mol. The van der Waals surface area contributed by atoms with Gasteiger partial charge in [0.05, 0.1) is 11.1 Å². The molecule has 7 nitrogen and oxygen atoms in total. The molecule has 0 spiro atoms. The lowest BCUT2D eigenvalue weighted by molar-refractivity contribution is -0.168. The van der Waals surface area contributed by atoms with E-state index in [1.807, 2.05) is 6.92 Å². The van der Waals surface area contributed by atoms with Gasteiger partial charge in [-0.2, -0.15) is 0 Å². The molecule has 0 fully saturated rings. The average Bonchev–Trinajstić information content (AvgIpc) is 2.84.